The van der Waals surface area contributed by atoms with E-state index < -0.39 is 0 Å². The first-order chi connectivity index (χ1) is 7.09. The van der Waals surface area contributed by atoms with Gasteiger partial charge in [0.2, 0.25) is 0 Å². The van der Waals surface area contributed by atoms with E-state index in [4.69, 9.17) is 10.3 Å². The Bertz CT molecular complexity index is 510. The lowest BCUT2D eigenvalue weighted by Gasteiger charge is -2.01. The molecule has 1 aromatic carbocycles. The summed E-state index contributed by atoms with van der Waals surface area (Å²) in [6.07, 6.45) is 0. The van der Waals surface area contributed by atoms with Gasteiger partial charge in [0.15, 0.2) is 11.6 Å². The first-order valence-corrected chi connectivity index (χ1v) is 5.34. The van der Waals surface area contributed by atoms with Crippen molar-refractivity contribution < 1.29 is 8.91 Å². The Kier molecular flexibility index (Phi) is 2.64. The number of anilines is 1. The summed E-state index contributed by atoms with van der Waals surface area (Å²) < 4.78 is 18.9. The molecule has 1 heterocycles. The molecule has 0 saturated carbocycles. The average Bonchev–Trinajstić information content (AvgIpc) is 2.52. The van der Waals surface area contributed by atoms with Gasteiger partial charge in [-0.15, -0.1) is 0 Å². The van der Waals surface area contributed by atoms with E-state index in [2.05, 4.69) is 5.16 Å². The van der Waals surface area contributed by atoms with E-state index >= 15 is 0 Å². The minimum atomic E-state index is -0.304. The smallest absolute Gasteiger partial charge is 0.182 e. The lowest BCUT2D eigenvalue weighted by atomic mass is 10.1. The quantitative estimate of drug-likeness (QED) is 0.823. The van der Waals surface area contributed by atoms with Crippen molar-refractivity contribution >= 4 is 28.4 Å². The molecule has 5 heteroatoms. The van der Waals surface area contributed by atoms with Crippen LogP contribution in [-0.2, 0) is 0 Å². The van der Waals surface area contributed by atoms with Crippen molar-refractivity contribution in [2.24, 2.45) is 0 Å². The number of nitrogens with two attached hydrogens (primary N) is 1. The molecule has 2 N–H and O–H groups in total. The van der Waals surface area contributed by atoms with Gasteiger partial charge in [0.05, 0.1) is 0 Å². The molecule has 15 heavy (non-hydrogen) atoms. The van der Waals surface area contributed by atoms with Crippen LogP contribution in [0.25, 0.3) is 11.3 Å². The molecule has 2 rings (SSSR count). The summed E-state index contributed by atoms with van der Waals surface area (Å²) >= 11 is 2.03. The van der Waals surface area contributed by atoms with Crippen LogP contribution in [0.5, 0.6) is 0 Å². The minimum absolute atomic E-state index is 0.304. The van der Waals surface area contributed by atoms with Gasteiger partial charge in [0.1, 0.15) is 9.39 Å². The molecule has 0 aliphatic rings. The predicted octanol–water partition coefficient (Wildman–Crippen LogP) is 2.98. The summed E-state index contributed by atoms with van der Waals surface area (Å²) in [5, 5.41) is 3.64. The van der Waals surface area contributed by atoms with Crippen LogP contribution >= 0.6 is 22.6 Å². The van der Waals surface area contributed by atoms with E-state index in [1.807, 2.05) is 29.5 Å². The summed E-state index contributed by atoms with van der Waals surface area (Å²) in [6, 6.07) is 4.52. The zero-order valence-electron chi connectivity index (χ0n) is 7.92. The molecule has 0 unspecified atom stereocenters. The highest BCUT2D eigenvalue weighted by Crippen LogP contribution is 2.31. The maximum absolute atomic E-state index is 13.1. The molecule has 0 aliphatic carbocycles. The van der Waals surface area contributed by atoms with Gasteiger partial charge in [-0.05, 0) is 47.2 Å². The Labute approximate surface area is 99.6 Å². The molecule has 78 valence electrons. The lowest BCUT2D eigenvalue weighted by Crippen LogP contribution is -1.88. The molecular weight excluding hydrogens is 310 g/mol. The monoisotopic (exact) mass is 318 g/mol. The van der Waals surface area contributed by atoms with Crippen molar-refractivity contribution in [1.82, 2.24) is 5.16 Å². The van der Waals surface area contributed by atoms with Crippen LogP contribution in [0.4, 0.5) is 10.2 Å². The van der Waals surface area contributed by atoms with Crippen molar-refractivity contribution in [3.05, 3.63) is 33.1 Å². The van der Waals surface area contributed by atoms with Crippen LogP contribution in [0.1, 0.15) is 5.56 Å². The zero-order chi connectivity index (χ0) is 11.0. The van der Waals surface area contributed by atoms with Gasteiger partial charge in [0.25, 0.3) is 0 Å². The van der Waals surface area contributed by atoms with Crippen LogP contribution in [0.15, 0.2) is 22.7 Å². The molecule has 0 aliphatic heterocycles. The maximum Gasteiger partial charge on any atom is 0.182 e. The van der Waals surface area contributed by atoms with Gasteiger partial charge in [-0.3, -0.25) is 0 Å². The number of benzene rings is 1. The first-order valence-electron chi connectivity index (χ1n) is 4.26. The molecule has 0 bridgehead atoms. The molecule has 3 nitrogen and oxygen atoms in total. The number of hydrogen-bond acceptors (Lipinski definition) is 3. The number of nitrogens with zero attached hydrogens (tertiary/aromatic N) is 1. The fourth-order valence-corrected chi connectivity index (χ4v) is 1.79. The third-order valence-corrected chi connectivity index (χ3v) is 3.15. The molecule has 2 aromatic rings. The highest BCUT2D eigenvalue weighted by Gasteiger charge is 2.15. The SMILES string of the molecule is Cc1ccc(F)cc1-c1onc(N)c1I. The Balaban J connectivity index is 2.63. The Morgan fingerprint density at radius 2 is 2.20 bits per heavy atom. The Morgan fingerprint density at radius 1 is 1.47 bits per heavy atom. The van der Waals surface area contributed by atoms with Crippen molar-refractivity contribution in [2.75, 3.05) is 5.73 Å². The second-order valence-corrected chi connectivity index (χ2v) is 4.25. The van der Waals surface area contributed by atoms with Crippen molar-refractivity contribution in [2.45, 2.75) is 6.92 Å². The molecule has 0 spiro atoms. The van der Waals surface area contributed by atoms with Crippen LogP contribution in [0.2, 0.25) is 0 Å². The number of aromatic nitrogens is 1. The van der Waals surface area contributed by atoms with Gasteiger partial charge < -0.3 is 10.3 Å². The zero-order valence-corrected chi connectivity index (χ0v) is 10.1. The average molecular weight is 318 g/mol. The number of nitrogen functional groups attached to an aromatic ring is 1. The van der Waals surface area contributed by atoms with Gasteiger partial charge in [-0.2, -0.15) is 0 Å². The number of halogens is 2. The van der Waals surface area contributed by atoms with Crippen LogP contribution in [-0.4, -0.2) is 5.16 Å². The summed E-state index contributed by atoms with van der Waals surface area (Å²) in [4.78, 5) is 0. The van der Waals surface area contributed by atoms with Gasteiger partial charge >= 0.3 is 0 Å². The van der Waals surface area contributed by atoms with Gasteiger partial charge in [0, 0.05) is 5.56 Å². The predicted molar refractivity (Wildman–Crippen MR) is 63.8 cm³/mol. The molecule has 0 amide bonds. The van der Waals surface area contributed by atoms with Crippen LogP contribution in [0.3, 0.4) is 0 Å². The molecule has 0 atom stereocenters. The van der Waals surface area contributed by atoms with E-state index in [0.29, 0.717) is 20.7 Å². The van der Waals surface area contributed by atoms with Crippen molar-refractivity contribution in [1.29, 1.82) is 0 Å². The summed E-state index contributed by atoms with van der Waals surface area (Å²) in [5.41, 5.74) is 7.17. The van der Waals surface area contributed by atoms with Gasteiger partial charge in [-0.25, -0.2) is 4.39 Å². The molecule has 0 radical (unpaired) electrons. The third kappa shape index (κ3) is 1.83. The molecule has 0 fully saturated rings. The second kappa shape index (κ2) is 3.80. The van der Waals surface area contributed by atoms with Crippen LogP contribution in [0, 0.1) is 16.3 Å². The normalized spacial score (nSPS) is 10.6. The fraction of sp³-hybridized carbons (Fsp3) is 0.100. The molecule has 1 aromatic heterocycles. The number of hydrogen-bond donors (Lipinski definition) is 1. The van der Waals surface area contributed by atoms with E-state index in [1.54, 1.807) is 6.07 Å². The van der Waals surface area contributed by atoms with E-state index in [-0.39, 0.29) is 5.82 Å². The highest BCUT2D eigenvalue weighted by atomic mass is 127. The lowest BCUT2D eigenvalue weighted by molar-refractivity contribution is 0.435. The summed E-state index contributed by atoms with van der Waals surface area (Å²) in [6.45, 7) is 1.88. The maximum atomic E-state index is 13.1. The van der Waals surface area contributed by atoms with Crippen LogP contribution < -0.4 is 5.73 Å². The largest absolute Gasteiger partial charge is 0.380 e. The van der Waals surface area contributed by atoms with E-state index in [1.165, 1.54) is 12.1 Å². The molecular formula is C10H8FIN2O. The van der Waals surface area contributed by atoms with E-state index in [0.717, 1.165) is 5.56 Å². The second-order valence-electron chi connectivity index (χ2n) is 3.17. The molecule has 0 saturated heterocycles. The Morgan fingerprint density at radius 3 is 2.80 bits per heavy atom. The topological polar surface area (TPSA) is 52.0 Å². The number of aryl methyl sites for hydroxylation is 1. The van der Waals surface area contributed by atoms with Crippen molar-refractivity contribution in [3.63, 3.8) is 0 Å². The fourth-order valence-electron chi connectivity index (χ4n) is 1.30. The Hall–Kier alpha value is -1.11. The standard InChI is InChI=1S/C10H8FIN2O/c1-5-2-3-6(11)4-7(5)9-8(12)10(13)14-15-9/h2-4H,1H3,(H2,13,14). The summed E-state index contributed by atoms with van der Waals surface area (Å²) in [7, 11) is 0. The third-order valence-electron chi connectivity index (χ3n) is 2.10. The van der Waals surface area contributed by atoms with Gasteiger partial charge in [-0.1, -0.05) is 11.2 Å². The highest BCUT2D eigenvalue weighted by molar-refractivity contribution is 14.1. The number of rotatable bonds is 1. The van der Waals surface area contributed by atoms with Crippen molar-refractivity contribution in [3.8, 4) is 11.3 Å². The first kappa shape index (κ1) is 10.4. The van der Waals surface area contributed by atoms with E-state index in [9.17, 15) is 4.39 Å². The minimum Gasteiger partial charge on any atom is -0.380 e. The summed E-state index contributed by atoms with van der Waals surface area (Å²) in [5.74, 6) is 0.542.